The molecule has 2 heterocycles. The molecule has 0 radical (unpaired) electrons. The van der Waals surface area contributed by atoms with Crippen molar-refractivity contribution in [2.45, 2.75) is 37.4 Å². The quantitative estimate of drug-likeness (QED) is 0.445. The summed E-state index contributed by atoms with van der Waals surface area (Å²) >= 11 is 0. The molecule has 0 aliphatic carbocycles. The molecule has 2 aliphatic rings. The fraction of sp³-hybridized carbons (Fsp3) is 0.800. The zero-order valence-electron chi connectivity index (χ0n) is 9.65. The van der Waals surface area contributed by atoms with Crippen LogP contribution in [0.4, 0.5) is 4.79 Å². The summed E-state index contributed by atoms with van der Waals surface area (Å²) in [5.41, 5.74) is 0. The van der Waals surface area contributed by atoms with Crippen LogP contribution < -0.4 is 5.32 Å². The number of imide groups is 1. The molecule has 8 nitrogen and oxygen atoms in total. The van der Waals surface area contributed by atoms with E-state index in [9.17, 15) is 19.8 Å². The first-order valence-corrected chi connectivity index (χ1v) is 5.78. The Balaban J connectivity index is 1.93. The van der Waals surface area contributed by atoms with Gasteiger partial charge in [0.25, 0.3) is 0 Å². The van der Waals surface area contributed by atoms with Crippen molar-refractivity contribution in [1.29, 1.82) is 0 Å². The number of likely N-dealkylation sites (tertiary alicyclic amines) is 1. The van der Waals surface area contributed by atoms with Crippen LogP contribution in [-0.2, 0) is 9.53 Å². The summed E-state index contributed by atoms with van der Waals surface area (Å²) in [5, 5.41) is 30.3. The van der Waals surface area contributed by atoms with E-state index in [4.69, 9.17) is 9.84 Å². The maximum Gasteiger partial charge on any atom is 0.326 e. The van der Waals surface area contributed by atoms with Gasteiger partial charge in [0.1, 0.15) is 18.3 Å². The molecule has 0 spiro atoms. The third-order valence-electron chi connectivity index (χ3n) is 3.13. The number of carbonyl (C=O) groups is 2. The van der Waals surface area contributed by atoms with Crippen LogP contribution >= 0.6 is 0 Å². The molecule has 0 saturated carbocycles. The number of rotatable bonds is 2. The number of carbonyl (C=O) groups excluding carboxylic acids is 2. The van der Waals surface area contributed by atoms with Crippen molar-refractivity contribution in [3.63, 3.8) is 0 Å². The van der Waals surface area contributed by atoms with E-state index in [1.165, 1.54) is 0 Å². The Morgan fingerprint density at radius 2 is 2.17 bits per heavy atom. The summed E-state index contributed by atoms with van der Waals surface area (Å²) in [6.07, 6.45) is -3.73. The lowest BCUT2D eigenvalue weighted by atomic mass is 10.1. The van der Waals surface area contributed by atoms with Crippen molar-refractivity contribution in [3.05, 3.63) is 0 Å². The Bertz CT molecular complexity index is 349. The van der Waals surface area contributed by atoms with Gasteiger partial charge in [0, 0.05) is 13.0 Å². The average Bonchev–Trinajstić information content (AvgIpc) is 2.88. The van der Waals surface area contributed by atoms with Crippen LogP contribution in [0.3, 0.4) is 0 Å². The highest BCUT2D eigenvalue weighted by molar-refractivity contribution is 5.95. The van der Waals surface area contributed by atoms with Gasteiger partial charge in [-0.2, -0.15) is 0 Å². The minimum absolute atomic E-state index is 0.278. The minimum Gasteiger partial charge on any atom is -0.394 e. The molecule has 0 aromatic rings. The number of nitrogens with zero attached hydrogens (tertiary/aromatic N) is 1. The van der Waals surface area contributed by atoms with Crippen molar-refractivity contribution >= 4 is 11.9 Å². The Morgan fingerprint density at radius 1 is 1.44 bits per heavy atom. The molecule has 102 valence electrons. The van der Waals surface area contributed by atoms with Gasteiger partial charge in [0.2, 0.25) is 5.91 Å². The molecule has 2 rings (SSSR count). The molecule has 4 atom stereocenters. The fourth-order valence-electron chi connectivity index (χ4n) is 2.08. The summed E-state index contributed by atoms with van der Waals surface area (Å²) in [7, 11) is 0. The molecule has 0 aromatic heterocycles. The SMILES string of the molecule is O=C1CCCN1C(=O)NC1OC(CO)C(O)C1O. The monoisotopic (exact) mass is 260 g/mol. The van der Waals surface area contributed by atoms with Gasteiger partial charge in [-0.1, -0.05) is 0 Å². The van der Waals surface area contributed by atoms with Crippen LogP contribution in [0.25, 0.3) is 0 Å². The highest BCUT2D eigenvalue weighted by atomic mass is 16.6. The van der Waals surface area contributed by atoms with Crippen molar-refractivity contribution in [2.24, 2.45) is 0 Å². The molecule has 3 amide bonds. The third kappa shape index (κ3) is 2.32. The highest BCUT2D eigenvalue weighted by Crippen LogP contribution is 2.20. The second kappa shape index (κ2) is 5.19. The van der Waals surface area contributed by atoms with Crippen molar-refractivity contribution < 1.29 is 29.6 Å². The summed E-state index contributed by atoms with van der Waals surface area (Å²) in [4.78, 5) is 24.1. The maximum absolute atomic E-state index is 11.7. The zero-order chi connectivity index (χ0) is 13.3. The smallest absolute Gasteiger partial charge is 0.326 e. The number of aliphatic hydroxyl groups excluding tert-OH is 3. The fourth-order valence-corrected chi connectivity index (χ4v) is 2.08. The number of aliphatic hydroxyl groups is 3. The Hall–Kier alpha value is -1.22. The lowest BCUT2D eigenvalue weighted by Crippen LogP contribution is -2.49. The van der Waals surface area contributed by atoms with Gasteiger partial charge in [-0.25, -0.2) is 4.79 Å². The highest BCUT2D eigenvalue weighted by Gasteiger charge is 2.44. The lowest BCUT2D eigenvalue weighted by molar-refractivity contribution is -0.125. The molecular weight excluding hydrogens is 244 g/mol. The molecule has 4 unspecified atom stereocenters. The summed E-state index contributed by atoms with van der Waals surface area (Å²) in [5.74, 6) is -0.278. The summed E-state index contributed by atoms with van der Waals surface area (Å²) in [6, 6.07) is -0.660. The van der Waals surface area contributed by atoms with Crippen molar-refractivity contribution in [2.75, 3.05) is 13.2 Å². The van der Waals surface area contributed by atoms with Gasteiger partial charge in [-0.3, -0.25) is 9.69 Å². The predicted molar refractivity (Wildman–Crippen MR) is 57.2 cm³/mol. The van der Waals surface area contributed by atoms with Crippen LogP contribution in [0.5, 0.6) is 0 Å². The van der Waals surface area contributed by atoms with Crippen LogP contribution in [0.15, 0.2) is 0 Å². The Kier molecular flexibility index (Phi) is 3.81. The molecule has 0 bridgehead atoms. The molecule has 18 heavy (non-hydrogen) atoms. The first-order valence-electron chi connectivity index (χ1n) is 5.78. The minimum atomic E-state index is -1.33. The molecular formula is C10H16N2O6. The first-order chi connectivity index (χ1) is 8.54. The van der Waals surface area contributed by atoms with E-state index in [1.54, 1.807) is 0 Å². The predicted octanol–water partition coefficient (Wildman–Crippen LogP) is -2.24. The number of nitrogens with one attached hydrogen (secondary N) is 1. The first kappa shape index (κ1) is 13.2. The van der Waals surface area contributed by atoms with Gasteiger partial charge in [-0.05, 0) is 6.42 Å². The number of ether oxygens (including phenoxy) is 1. The molecule has 0 aromatic carbocycles. The van der Waals surface area contributed by atoms with Crippen LogP contribution in [-0.4, -0.2) is 69.8 Å². The number of hydrogen-bond acceptors (Lipinski definition) is 6. The van der Waals surface area contributed by atoms with Gasteiger partial charge in [-0.15, -0.1) is 0 Å². The van der Waals surface area contributed by atoms with Crippen LogP contribution in [0.1, 0.15) is 12.8 Å². The molecule has 2 saturated heterocycles. The average molecular weight is 260 g/mol. The molecule has 2 fully saturated rings. The lowest BCUT2D eigenvalue weighted by Gasteiger charge is -2.20. The molecule has 4 N–H and O–H groups in total. The van der Waals surface area contributed by atoms with Crippen LogP contribution in [0, 0.1) is 0 Å². The van der Waals surface area contributed by atoms with Crippen molar-refractivity contribution in [1.82, 2.24) is 10.2 Å². The van der Waals surface area contributed by atoms with E-state index in [0.29, 0.717) is 19.4 Å². The van der Waals surface area contributed by atoms with E-state index in [-0.39, 0.29) is 5.91 Å². The van der Waals surface area contributed by atoms with Gasteiger partial charge in [0.15, 0.2) is 6.23 Å². The topological polar surface area (TPSA) is 119 Å². The second-order valence-corrected chi connectivity index (χ2v) is 4.36. The van der Waals surface area contributed by atoms with E-state index >= 15 is 0 Å². The van der Waals surface area contributed by atoms with E-state index in [0.717, 1.165) is 4.90 Å². The number of urea groups is 1. The Labute approximate surface area is 103 Å². The number of hydrogen-bond donors (Lipinski definition) is 4. The number of amides is 3. The largest absolute Gasteiger partial charge is 0.394 e. The maximum atomic E-state index is 11.7. The second-order valence-electron chi connectivity index (χ2n) is 4.36. The van der Waals surface area contributed by atoms with Gasteiger partial charge in [0.05, 0.1) is 6.61 Å². The van der Waals surface area contributed by atoms with Crippen molar-refractivity contribution in [3.8, 4) is 0 Å². The van der Waals surface area contributed by atoms with E-state index in [2.05, 4.69) is 5.32 Å². The zero-order valence-corrected chi connectivity index (χ0v) is 9.65. The summed E-state index contributed by atoms with van der Waals surface area (Å²) < 4.78 is 5.08. The van der Waals surface area contributed by atoms with E-state index in [1.807, 2.05) is 0 Å². The Morgan fingerprint density at radius 3 is 2.67 bits per heavy atom. The standard InChI is InChI=1S/C10H16N2O6/c13-4-5-7(15)8(16)9(18-5)11-10(17)12-3-1-2-6(12)14/h5,7-9,13,15-16H,1-4H2,(H,11,17). The van der Waals surface area contributed by atoms with E-state index < -0.39 is 37.2 Å². The summed E-state index contributed by atoms with van der Waals surface area (Å²) in [6.45, 7) is -0.132. The van der Waals surface area contributed by atoms with Crippen LogP contribution in [0.2, 0.25) is 0 Å². The van der Waals surface area contributed by atoms with Gasteiger partial charge >= 0.3 is 6.03 Å². The van der Waals surface area contributed by atoms with Gasteiger partial charge < -0.3 is 25.4 Å². The molecule has 8 heteroatoms. The normalized spacial score (nSPS) is 36.2. The molecule has 2 aliphatic heterocycles. The third-order valence-corrected chi connectivity index (χ3v) is 3.13.